The molecule has 1 aromatic rings. The second-order valence-electron chi connectivity index (χ2n) is 6.26. The van der Waals surface area contributed by atoms with E-state index in [1.165, 1.54) is 5.69 Å². The number of halogens is 1. The number of hydrogen-bond acceptors (Lipinski definition) is 2. The van der Waals surface area contributed by atoms with Crippen molar-refractivity contribution in [3.8, 4) is 0 Å². The van der Waals surface area contributed by atoms with Crippen LogP contribution < -0.4 is 0 Å². The molecule has 1 aliphatic rings. The van der Waals surface area contributed by atoms with E-state index in [0.717, 1.165) is 48.1 Å². The maximum absolute atomic E-state index is 6.41. The molecule has 0 aliphatic carbocycles. The number of aryl methyl sites for hydroxylation is 1. The van der Waals surface area contributed by atoms with Crippen LogP contribution in [0.1, 0.15) is 51.3 Å². The first-order valence-electron chi connectivity index (χ1n) is 8.19. The molecule has 1 atom stereocenters. The third kappa shape index (κ3) is 3.82. The summed E-state index contributed by atoms with van der Waals surface area (Å²) in [5, 5.41) is 0.868. The zero-order chi connectivity index (χ0) is 16.3. The molecule has 0 bridgehead atoms. The Bertz CT molecular complexity index is 584. The molecule has 0 N–H and O–H groups in total. The Labute approximate surface area is 139 Å². The minimum absolute atomic E-state index is 0.209. The second kappa shape index (κ2) is 7.47. The molecule has 1 aromatic heterocycles. The summed E-state index contributed by atoms with van der Waals surface area (Å²) in [6, 6.07) is 0. The highest BCUT2D eigenvalue weighted by Crippen LogP contribution is 2.27. The van der Waals surface area contributed by atoms with E-state index in [0.29, 0.717) is 5.92 Å². The summed E-state index contributed by atoms with van der Waals surface area (Å²) in [4.78, 5) is 4.84. The minimum Gasteiger partial charge on any atom is -0.376 e. The number of hydrogen-bond donors (Lipinski definition) is 0. The zero-order valence-corrected chi connectivity index (χ0v) is 15.1. The third-order valence-corrected chi connectivity index (χ3v) is 4.53. The molecular formula is C18H27ClN2O. The lowest BCUT2D eigenvalue weighted by atomic mass is 10.1. The average molecular weight is 323 g/mol. The van der Waals surface area contributed by atoms with Gasteiger partial charge in [0.2, 0.25) is 0 Å². The van der Waals surface area contributed by atoms with Gasteiger partial charge in [0.15, 0.2) is 0 Å². The molecule has 3 nitrogen and oxygen atoms in total. The summed E-state index contributed by atoms with van der Waals surface area (Å²) >= 11 is 6.41. The van der Waals surface area contributed by atoms with Gasteiger partial charge in [0, 0.05) is 22.7 Å². The molecule has 0 radical (unpaired) electrons. The van der Waals surface area contributed by atoms with Gasteiger partial charge >= 0.3 is 0 Å². The highest BCUT2D eigenvalue weighted by Gasteiger charge is 2.21. The van der Waals surface area contributed by atoms with Crippen LogP contribution in [-0.4, -0.2) is 22.3 Å². The maximum atomic E-state index is 6.41. The van der Waals surface area contributed by atoms with Crippen LogP contribution in [0.15, 0.2) is 17.2 Å². The number of allylic oxidation sites excluding steroid dienone is 4. The molecular weight excluding hydrogens is 296 g/mol. The van der Waals surface area contributed by atoms with Crippen LogP contribution in [0.5, 0.6) is 0 Å². The fourth-order valence-electron chi connectivity index (χ4n) is 2.76. The van der Waals surface area contributed by atoms with E-state index in [1.54, 1.807) is 0 Å². The highest BCUT2D eigenvalue weighted by atomic mass is 35.5. The van der Waals surface area contributed by atoms with Crippen molar-refractivity contribution in [2.75, 3.05) is 6.61 Å². The van der Waals surface area contributed by atoms with Crippen molar-refractivity contribution in [3.05, 3.63) is 34.4 Å². The maximum Gasteiger partial charge on any atom is 0.140 e. The molecule has 2 heterocycles. The lowest BCUT2D eigenvalue weighted by Crippen LogP contribution is -2.16. The molecule has 2 rings (SSSR count). The molecule has 0 fully saturated rings. The molecule has 0 unspecified atom stereocenters. The summed E-state index contributed by atoms with van der Waals surface area (Å²) in [7, 11) is 0. The van der Waals surface area contributed by atoms with Gasteiger partial charge in [-0.25, -0.2) is 4.98 Å². The van der Waals surface area contributed by atoms with Crippen molar-refractivity contribution in [2.45, 2.75) is 60.1 Å². The molecule has 4 heteroatoms. The Morgan fingerprint density at radius 3 is 2.86 bits per heavy atom. The molecule has 0 spiro atoms. The van der Waals surface area contributed by atoms with Gasteiger partial charge in [-0.1, -0.05) is 38.4 Å². The first kappa shape index (κ1) is 17.3. The van der Waals surface area contributed by atoms with Gasteiger partial charge in [0.25, 0.3) is 0 Å². The van der Waals surface area contributed by atoms with Crippen molar-refractivity contribution < 1.29 is 4.74 Å². The van der Waals surface area contributed by atoms with Crippen molar-refractivity contribution >= 4 is 17.2 Å². The monoisotopic (exact) mass is 322 g/mol. The van der Waals surface area contributed by atoms with E-state index >= 15 is 0 Å². The largest absolute Gasteiger partial charge is 0.376 e. The SMILES string of the molecule is CC/C=C(\C=C(\Cl)C(C)C)c1nc(C)c2n1C[C@@H](C)OCC2. The van der Waals surface area contributed by atoms with Crippen LogP contribution in [0.25, 0.3) is 5.57 Å². The number of fused-ring (bicyclic) bond motifs is 1. The van der Waals surface area contributed by atoms with Gasteiger partial charge in [-0.05, 0) is 32.3 Å². The Hall–Kier alpha value is -1.06. The van der Waals surface area contributed by atoms with Crippen molar-refractivity contribution in [1.29, 1.82) is 0 Å². The predicted octanol–water partition coefficient (Wildman–Crippen LogP) is 4.72. The summed E-state index contributed by atoms with van der Waals surface area (Å²) in [6.45, 7) is 12.2. The molecule has 0 aromatic carbocycles. The van der Waals surface area contributed by atoms with Gasteiger partial charge in [0.1, 0.15) is 5.82 Å². The fourth-order valence-corrected chi connectivity index (χ4v) is 2.87. The quantitative estimate of drug-likeness (QED) is 0.750. The number of nitrogens with zero attached hydrogens (tertiary/aromatic N) is 2. The zero-order valence-electron chi connectivity index (χ0n) is 14.3. The third-order valence-electron chi connectivity index (χ3n) is 3.98. The smallest absolute Gasteiger partial charge is 0.140 e. The van der Waals surface area contributed by atoms with Gasteiger partial charge < -0.3 is 9.30 Å². The Morgan fingerprint density at radius 2 is 2.23 bits per heavy atom. The summed E-state index contributed by atoms with van der Waals surface area (Å²) < 4.78 is 8.12. The molecule has 22 heavy (non-hydrogen) atoms. The lowest BCUT2D eigenvalue weighted by molar-refractivity contribution is 0.0663. The van der Waals surface area contributed by atoms with Crippen molar-refractivity contribution in [1.82, 2.24) is 9.55 Å². The Balaban J connectivity index is 2.50. The number of aromatic nitrogens is 2. The first-order chi connectivity index (χ1) is 10.4. The van der Waals surface area contributed by atoms with Gasteiger partial charge in [-0.2, -0.15) is 0 Å². The Morgan fingerprint density at radius 1 is 1.50 bits per heavy atom. The minimum atomic E-state index is 0.209. The average Bonchev–Trinajstić information content (AvgIpc) is 2.64. The van der Waals surface area contributed by atoms with Crippen molar-refractivity contribution in [3.63, 3.8) is 0 Å². The van der Waals surface area contributed by atoms with Crippen molar-refractivity contribution in [2.24, 2.45) is 5.92 Å². The fraction of sp³-hybridized carbons (Fsp3) is 0.611. The van der Waals surface area contributed by atoms with Crippen LogP contribution in [0, 0.1) is 12.8 Å². The molecule has 122 valence electrons. The summed E-state index contributed by atoms with van der Waals surface area (Å²) in [6.07, 6.45) is 6.37. The first-order valence-corrected chi connectivity index (χ1v) is 8.57. The van der Waals surface area contributed by atoms with E-state index < -0.39 is 0 Å². The normalized spacial score (nSPS) is 20.2. The lowest BCUT2D eigenvalue weighted by Gasteiger charge is -2.14. The topological polar surface area (TPSA) is 27.1 Å². The summed E-state index contributed by atoms with van der Waals surface area (Å²) in [5.41, 5.74) is 3.50. The van der Waals surface area contributed by atoms with Gasteiger partial charge in [-0.3, -0.25) is 0 Å². The van der Waals surface area contributed by atoms with Gasteiger partial charge in [0.05, 0.1) is 24.9 Å². The molecule has 0 saturated heterocycles. The number of rotatable bonds is 4. The van der Waals surface area contributed by atoms with Crippen LogP contribution in [0.4, 0.5) is 0 Å². The molecule has 0 saturated carbocycles. The van der Waals surface area contributed by atoms with E-state index in [9.17, 15) is 0 Å². The van der Waals surface area contributed by atoms with Crippen LogP contribution in [-0.2, 0) is 17.7 Å². The standard InChI is InChI=1S/C18H27ClN2O/c1-6-7-15(10-16(19)12(2)3)18-20-14(5)17-8-9-22-13(4)11-21(17)18/h7,10,12-13H,6,8-9,11H2,1-5H3/b15-7+,16-10+/t13-/m1/s1. The van der Waals surface area contributed by atoms with E-state index in [-0.39, 0.29) is 6.10 Å². The highest BCUT2D eigenvalue weighted by molar-refractivity contribution is 6.30. The van der Waals surface area contributed by atoms with E-state index in [2.05, 4.69) is 51.3 Å². The molecule has 0 amide bonds. The van der Waals surface area contributed by atoms with E-state index in [4.69, 9.17) is 21.3 Å². The summed E-state index contributed by atoms with van der Waals surface area (Å²) in [5.74, 6) is 1.34. The Kier molecular flexibility index (Phi) is 5.87. The van der Waals surface area contributed by atoms with Crippen LogP contribution >= 0.6 is 11.6 Å². The van der Waals surface area contributed by atoms with Crippen LogP contribution in [0.3, 0.4) is 0 Å². The second-order valence-corrected chi connectivity index (χ2v) is 6.70. The van der Waals surface area contributed by atoms with Gasteiger partial charge in [-0.15, -0.1) is 0 Å². The molecule has 1 aliphatic heterocycles. The number of imidazole rings is 1. The number of ether oxygens (including phenoxy) is 1. The predicted molar refractivity (Wildman–Crippen MR) is 93.1 cm³/mol. The van der Waals surface area contributed by atoms with Crippen LogP contribution in [0.2, 0.25) is 0 Å². The van der Waals surface area contributed by atoms with E-state index in [1.807, 2.05) is 0 Å².